The van der Waals surface area contributed by atoms with Gasteiger partial charge in [-0.05, 0) is 0 Å². The molecule has 1 nitrogen and oxygen atoms in total. The molecule has 0 atom stereocenters. The van der Waals surface area contributed by atoms with E-state index in [2.05, 4.69) is 12.2 Å². The molecule has 0 aromatic carbocycles. The van der Waals surface area contributed by atoms with Gasteiger partial charge in [-0.2, -0.15) is 13.5 Å². The Labute approximate surface area is 53.8 Å². The van der Waals surface area contributed by atoms with E-state index < -0.39 is 0 Å². The first-order chi connectivity index (χ1) is 2.41. The van der Waals surface area contributed by atoms with E-state index in [1.807, 2.05) is 13.5 Å². The van der Waals surface area contributed by atoms with E-state index in [0.29, 0.717) is 0 Å². The van der Waals surface area contributed by atoms with Crippen molar-refractivity contribution in [3.8, 4) is 0 Å². The Morgan fingerprint density at radius 3 is 2.33 bits per heavy atom. The van der Waals surface area contributed by atoms with Gasteiger partial charge in [0.2, 0.25) is 0 Å². The van der Waals surface area contributed by atoms with Crippen LogP contribution >= 0.6 is 0 Å². The fraction of sp³-hybridized carbons (Fsp3) is 0.250. The molecule has 1 radical (unpaired) electrons. The van der Waals surface area contributed by atoms with Gasteiger partial charge < -0.3 is 12.2 Å². The van der Waals surface area contributed by atoms with Gasteiger partial charge in [0.05, 0.1) is 0 Å². The predicted molar refractivity (Wildman–Crippen MR) is 22.8 cm³/mol. The first kappa shape index (κ1) is 9.82. The summed E-state index contributed by atoms with van der Waals surface area (Å²) >= 11 is 0. The molecular weight excluding hydrogens is 246 g/mol. The van der Waals surface area contributed by atoms with Gasteiger partial charge in [0.15, 0.2) is 0 Å². The van der Waals surface area contributed by atoms with Crippen LogP contribution in [0.4, 0.5) is 0 Å². The van der Waals surface area contributed by atoms with Crippen LogP contribution in [-0.4, -0.2) is 0 Å². The Morgan fingerprint density at radius 1 is 1.83 bits per heavy atom. The molecule has 0 aliphatic carbocycles. The van der Waals surface area contributed by atoms with Gasteiger partial charge in [-0.15, -0.1) is 0 Å². The van der Waals surface area contributed by atoms with Crippen molar-refractivity contribution < 1.29 is 21.1 Å². The van der Waals surface area contributed by atoms with E-state index in [1.165, 1.54) is 0 Å². The van der Waals surface area contributed by atoms with Crippen LogP contribution in [0.5, 0.6) is 0 Å². The summed E-state index contributed by atoms with van der Waals surface area (Å²) in [4.78, 5) is 0. The Hall–Kier alpha value is 0.648. The third kappa shape index (κ3) is 8.82. The zero-order valence-corrected chi connectivity index (χ0v) is 6.70. The van der Waals surface area contributed by atoms with Crippen LogP contribution in [0.3, 0.4) is 0 Å². The molecule has 0 unspecified atom stereocenters. The summed E-state index contributed by atoms with van der Waals surface area (Å²) in [5.41, 5.74) is 0. The van der Waals surface area contributed by atoms with Gasteiger partial charge in [0, 0.05) is 0 Å². The number of rotatable bonds is 2. The summed E-state index contributed by atoms with van der Waals surface area (Å²) in [6.45, 7) is 8.75. The Kier molecular flexibility index (Phi) is 15.0. The average Bonchev–Trinajstić information content (AvgIpc) is 1.41. The van der Waals surface area contributed by atoms with Crippen LogP contribution in [0.2, 0.25) is 0 Å². The molecule has 0 spiro atoms. The maximum Gasteiger partial charge on any atom is 2.00 e. The topological polar surface area (TPSA) is 12.0 Å². The molecule has 0 heterocycles. The van der Waals surface area contributed by atoms with E-state index >= 15 is 0 Å². The van der Waals surface area contributed by atoms with Crippen LogP contribution in [0.25, 0.3) is 0 Å². The summed E-state index contributed by atoms with van der Waals surface area (Å²) in [6, 6.07) is 0. The van der Waals surface area contributed by atoms with Crippen molar-refractivity contribution in [2.75, 3.05) is 0 Å². The second-order valence-corrected chi connectivity index (χ2v) is 0.659. The minimum Gasteiger partial charge on any atom is -0.494 e. The van der Waals surface area contributed by atoms with Crippen molar-refractivity contribution in [1.29, 1.82) is 0 Å². The zero-order valence-electron chi connectivity index (χ0n) is 3.77. The molecule has 0 bridgehead atoms. The first-order valence-corrected chi connectivity index (χ1v) is 1.56. The van der Waals surface area contributed by atoms with E-state index in [9.17, 15) is 0 Å². The normalized spacial score (nSPS) is 7.00. The van der Waals surface area contributed by atoms with Crippen molar-refractivity contribution >= 4 is 0 Å². The Morgan fingerprint density at radius 2 is 2.33 bits per heavy atom. The summed E-state index contributed by atoms with van der Waals surface area (Å²) < 4.78 is 0. The van der Waals surface area contributed by atoms with Crippen molar-refractivity contribution in [3.05, 3.63) is 20.0 Å². The second-order valence-electron chi connectivity index (χ2n) is 0.659. The molecule has 0 saturated carbocycles. The zero-order chi connectivity index (χ0) is 4.12. The van der Waals surface area contributed by atoms with Crippen molar-refractivity contribution in [2.45, 2.75) is 6.92 Å². The first-order valence-electron chi connectivity index (χ1n) is 1.56. The molecule has 0 saturated heterocycles. The SMILES string of the molecule is [CH2-][CH]N[CH-]C.[W+2]. The minimum atomic E-state index is 0. The van der Waals surface area contributed by atoms with E-state index in [0.717, 1.165) is 0 Å². The van der Waals surface area contributed by atoms with Crippen molar-refractivity contribution in [2.24, 2.45) is 0 Å². The minimum absolute atomic E-state index is 0. The van der Waals surface area contributed by atoms with Crippen molar-refractivity contribution in [3.63, 3.8) is 0 Å². The summed E-state index contributed by atoms with van der Waals surface area (Å²) in [5, 5.41) is 2.75. The third-order valence-electron chi connectivity index (χ3n) is 0.285. The Bertz CT molecular complexity index is 15.0. The molecule has 1 N–H and O–H groups in total. The molecule has 0 aliphatic heterocycles. The van der Waals surface area contributed by atoms with Crippen LogP contribution in [0.1, 0.15) is 6.92 Å². The predicted octanol–water partition coefficient (Wildman–Crippen LogP) is 0.751. The fourth-order valence-corrected chi connectivity index (χ4v) is 0.118. The molecule has 0 aromatic heterocycles. The van der Waals surface area contributed by atoms with Gasteiger partial charge in [-0.25, -0.2) is 0 Å². The summed E-state index contributed by atoms with van der Waals surface area (Å²) in [6.07, 6.45) is 0. The quantitative estimate of drug-likeness (QED) is 0.717. The molecule has 2 heteroatoms. The molecule has 35 valence electrons. The third-order valence-corrected chi connectivity index (χ3v) is 0.285. The molecule has 0 aromatic rings. The monoisotopic (exact) mass is 254 g/mol. The van der Waals surface area contributed by atoms with Gasteiger partial charge >= 0.3 is 21.1 Å². The molecule has 0 fully saturated rings. The number of hydrogen-bond donors (Lipinski definition) is 1. The molecule has 0 rings (SSSR count). The van der Waals surface area contributed by atoms with Gasteiger partial charge in [-0.3, -0.25) is 6.54 Å². The van der Waals surface area contributed by atoms with E-state index in [4.69, 9.17) is 0 Å². The van der Waals surface area contributed by atoms with Gasteiger partial charge in [-0.1, -0.05) is 0 Å². The Balaban J connectivity index is 0. The van der Waals surface area contributed by atoms with E-state index in [-0.39, 0.29) is 21.1 Å². The average molecular weight is 254 g/mol. The maximum absolute atomic E-state index is 3.41. The summed E-state index contributed by atoms with van der Waals surface area (Å²) in [7, 11) is 0. The number of hydrogen-bond acceptors (Lipinski definition) is 1. The van der Waals surface area contributed by atoms with Crippen LogP contribution < -0.4 is 5.32 Å². The van der Waals surface area contributed by atoms with Crippen LogP contribution in [0.15, 0.2) is 0 Å². The molecular formula is C4H8NW. The second kappa shape index (κ2) is 9.17. The smallest absolute Gasteiger partial charge is 0.494 e. The van der Waals surface area contributed by atoms with Gasteiger partial charge in [0.25, 0.3) is 0 Å². The molecule has 0 amide bonds. The largest absolute Gasteiger partial charge is 2.00 e. The maximum atomic E-state index is 3.41. The van der Waals surface area contributed by atoms with Crippen LogP contribution in [0, 0.1) is 20.0 Å². The standard InChI is InChI=1S/C4H8N.W/c1-3-5-4-2;/h3-5H,1H2,2H3;/q-2;+2. The summed E-state index contributed by atoms with van der Waals surface area (Å²) in [5.74, 6) is 0. The molecule has 0 aliphatic rings. The molecule has 6 heavy (non-hydrogen) atoms. The van der Waals surface area contributed by atoms with Crippen LogP contribution in [-0.2, 0) is 21.1 Å². The van der Waals surface area contributed by atoms with Gasteiger partial charge in [0.1, 0.15) is 0 Å². The van der Waals surface area contributed by atoms with Crippen molar-refractivity contribution in [1.82, 2.24) is 5.32 Å². The number of nitrogens with one attached hydrogen (secondary N) is 1. The van der Waals surface area contributed by atoms with E-state index in [1.54, 1.807) is 6.54 Å². The fourth-order valence-electron chi connectivity index (χ4n) is 0.118.